The van der Waals surface area contributed by atoms with Gasteiger partial charge in [0.15, 0.2) is 5.82 Å². The molecule has 0 aromatic carbocycles. The maximum atomic E-state index is 13.1. The van der Waals surface area contributed by atoms with E-state index in [1.54, 1.807) is 0 Å². The molecule has 2 rings (SSSR count). The van der Waals surface area contributed by atoms with Crippen LogP contribution in [-0.4, -0.2) is 24.7 Å². The van der Waals surface area contributed by atoms with Crippen molar-refractivity contribution in [3.63, 3.8) is 0 Å². The van der Waals surface area contributed by atoms with Crippen molar-refractivity contribution < 1.29 is 13.5 Å². The lowest BCUT2D eigenvalue weighted by atomic mass is 10.1. The largest absolute Gasteiger partial charge is 0.476 e. The zero-order valence-electron chi connectivity index (χ0n) is 8.88. The van der Waals surface area contributed by atoms with Gasteiger partial charge in [-0.05, 0) is 31.8 Å². The second kappa shape index (κ2) is 5.21. The van der Waals surface area contributed by atoms with Crippen LogP contribution in [0.1, 0.15) is 12.8 Å². The van der Waals surface area contributed by atoms with Gasteiger partial charge >= 0.3 is 0 Å². The van der Waals surface area contributed by atoms with Crippen LogP contribution in [0.4, 0.5) is 8.78 Å². The standard InChI is InChI=1S/C11H14F2N2O/c12-9-5-10(13)11(15-7-9)16-4-2-8-1-3-14-6-8/h5,7-8,14H,1-4,6H2. The third-order valence-electron chi connectivity index (χ3n) is 2.70. The lowest BCUT2D eigenvalue weighted by molar-refractivity contribution is 0.260. The molecular formula is C11H14F2N2O. The van der Waals surface area contributed by atoms with Gasteiger partial charge in [-0.15, -0.1) is 0 Å². The molecule has 0 bridgehead atoms. The molecule has 0 aliphatic carbocycles. The first-order valence-electron chi connectivity index (χ1n) is 5.40. The molecule has 88 valence electrons. The van der Waals surface area contributed by atoms with E-state index in [1.165, 1.54) is 0 Å². The van der Waals surface area contributed by atoms with Crippen LogP contribution < -0.4 is 10.1 Å². The highest BCUT2D eigenvalue weighted by molar-refractivity contribution is 5.13. The number of halogens is 2. The van der Waals surface area contributed by atoms with E-state index >= 15 is 0 Å². The lowest BCUT2D eigenvalue weighted by Gasteiger charge is -2.09. The van der Waals surface area contributed by atoms with Crippen LogP contribution in [-0.2, 0) is 0 Å². The summed E-state index contributed by atoms with van der Waals surface area (Å²) in [6, 6.07) is 0.777. The predicted molar refractivity (Wildman–Crippen MR) is 55.2 cm³/mol. The number of pyridine rings is 1. The number of rotatable bonds is 4. The van der Waals surface area contributed by atoms with Gasteiger partial charge < -0.3 is 10.1 Å². The molecule has 1 aliphatic rings. The maximum absolute atomic E-state index is 13.1. The average molecular weight is 228 g/mol. The van der Waals surface area contributed by atoms with Crippen molar-refractivity contribution in [1.29, 1.82) is 0 Å². The molecule has 3 nitrogen and oxygen atoms in total. The zero-order chi connectivity index (χ0) is 11.4. The first-order valence-corrected chi connectivity index (χ1v) is 5.40. The van der Waals surface area contributed by atoms with Crippen molar-refractivity contribution in [3.8, 4) is 5.88 Å². The molecule has 0 spiro atoms. The van der Waals surface area contributed by atoms with Crippen molar-refractivity contribution >= 4 is 0 Å². The van der Waals surface area contributed by atoms with E-state index in [2.05, 4.69) is 10.3 Å². The second-order valence-corrected chi connectivity index (χ2v) is 3.94. The topological polar surface area (TPSA) is 34.1 Å². The summed E-state index contributed by atoms with van der Waals surface area (Å²) in [6.07, 6.45) is 2.95. The van der Waals surface area contributed by atoms with Crippen molar-refractivity contribution in [2.24, 2.45) is 5.92 Å². The Morgan fingerprint density at radius 3 is 3.06 bits per heavy atom. The Bertz CT molecular complexity index is 354. The van der Waals surface area contributed by atoms with E-state index < -0.39 is 11.6 Å². The third-order valence-corrected chi connectivity index (χ3v) is 2.70. The predicted octanol–water partition coefficient (Wildman–Crippen LogP) is 1.74. The summed E-state index contributed by atoms with van der Waals surface area (Å²) >= 11 is 0. The molecular weight excluding hydrogens is 214 g/mol. The van der Waals surface area contributed by atoms with Crippen LogP contribution >= 0.6 is 0 Å². The average Bonchev–Trinajstić information content (AvgIpc) is 2.74. The van der Waals surface area contributed by atoms with E-state index in [-0.39, 0.29) is 5.88 Å². The van der Waals surface area contributed by atoms with Crippen LogP contribution in [0.15, 0.2) is 12.3 Å². The molecule has 1 saturated heterocycles. The molecule has 1 unspecified atom stereocenters. The van der Waals surface area contributed by atoms with Gasteiger partial charge in [-0.2, -0.15) is 0 Å². The fourth-order valence-electron chi connectivity index (χ4n) is 1.79. The van der Waals surface area contributed by atoms with Gasteiger partial charge in [-0.25, -0.2) is 13.8 Å². The zero-order valence-corrected chi connectivity index (χ0v) is 8.88. The Hall–Kier alpha value is -1.23. The van der Waals surface area contributed by atoms with Crippen LogP contribution in [0.5, 0.6) is 5.88 Å². The molecule has 5 heteroatoms. The van der Waals surface area contributed by atoms with Crippen molar-refractivity contribution in [2.75, 3.05) is 19.7 Å². The summed E-state index contributed by atoms with van der Waals surface area (Å²) in [6.45, 7) is 2.44. The molecule has 1 aromatic heterocycles. The van der Waals surface area contributed by atoms with E-state index in [9.17, 15) is 8.78 Å². The molecule has 16 heavy (non-hydrogen) atoms. The normalized spacial score (nSPS) is 20.0. The molecule has 0 saturated carbocycles. The minimum Gasteiger partial charge on any atom is -0.476 e. The lowest BCUT2D eigenvalue weighted by Crippen LogP contribution is -2.12. The first kappa shape index (κ1) is 11.3. The number of nitrogens with zero attached hydrogens (tertiary/aromatic N) is 1. The monoisotopic (exact) mass is 228 g/mol. The van der Waals surface area contributed by atoms with Gasteiger partial charge in [0.25, 0.3) is 5.88 Å². The van der Waals surface area contributed by atoms with Gasteiger partial charge in [0.2, 0.25) is 0 Å². The van der Waals surface area contributed by atoms with Crippen molar-refractivity contribution in [1.82, 2.24) is 10.3 Å². The minimum absolute atomic E-state index is 0.118. The van der Waals surface area contributed by atoms with Crippen LogP contribution in [0.25, 0.3) is 0 Å². The Kier molecular flexibility index (Phi) is 3.66. The van der Waals surface area contributed by atoms with E-state index in [1.807, 2.05) is 0 Å². The number of nitrogens with one attached hydrogen (secondary N) is 1. The van der Waals surface area contributed by atoms with Crippen molar-refractivity contribution in [3.05, 3.63) is 23.9 Å². The van der Waals surface area contributed by atoms with Crippen LogP contribution in [0.2, 0.25) is 0 Å². The summed E-state index contributed by atoms with van der Waals surface area (Å²) in [5.74, 6) is -0.967. The number of aromatic nitrogens is 1. The number of hydrogen-bond donors (Lipinski definition) is 1. The van der Waals surface area contributed by atoms with E-state index in [0.29, 0.717) is 12.5 Å². The highest BCUT2D eigenvalue weighted by Crippen LogP contribution is 2.16. The van der Waals surface area contributed by atoms with Gasteiger partial charge in [0.05, 0.1) is 12.8 Å². The van der Waals surface area contributed by atoms with Gasteiger partial charge in [-0.3, -0.25) is 0 Å². The SMILES string of the molecule is Fc1cnc(OCCC2CCNC2)c(F)c1. The highest BCUT2D eigenvalue weighted by atomic mass is 19.1. The Morgan fingerprint density at radius 2 is 2.38 bits per heavy atom. The highest BCUT2D eigenvalue weighted by Gasteiger charge is 2.14. The summed E-state index contributed by atoms with van der Waals surface area (Å²) < 4.78 is 30.8. The molecule has 1 aliphatic heterocycles. The Morgan fingerprint density at radius 1 is 1.50 bits per heavy atom. The molecule has 1 N–H and O–H groups in total. The Balaban J connectivity index is 1.80. The van der Waals surface area contributed by atoms with Crippen LogP contribution in [0, 0.1) is 17.6 Å². The van der Waals surface area contributed by atoms with Crippen molar-refractivity contribution in [2.45, 2.75) is 12.8 Å². The molecule has 1 atom stereocenters. The number of hydrogen-bond acceptors (Lipinski definition) is 3. The van der Waals surface area contributed by atoms with E-state index in [4.69, 9.17) is 4.74 Å². The molecule has 1 fully saturated rings. The summed E-state index contributed by atoms with van der Waals surface area (Å²) in [4.78, 5) is 3.55. The molecule has 1 aromatic rings. The van der Waals surface area contributed by atoms with Gasteiger partial charge in [-0.1, -0.05) is 0 Å². The summed E-state index contributed by atoms with van der Waals surface area (Å²) in [5, 5.41) is 3.25. The Labute approximate surface area is 92.8 Å². The van der Waals surface area contributed by atoms with Crippen LogP contribution in [0.3, 0.4) is 0 Å². The van der Waals surface area contributed by atoms with Gasteiger partial charge in [0.1, 0.15) is 5.82 Å². The minimum atomic E-state index is -0.746. The fourth-order valence-corrected chi connectivity index (χ4v) is 1.79. The quantitative estimate of drug-likeness (QED) is 0.852. The molecule has 2 heterocycles. The first-order chi connectivity index (χ1) is 7.75. The molecule has 0 radical (unpaired) electrons. The van der Waals surface area contributed by atoms with Gasteiger partial charge in [0, 0.05) is 6.07 Å². The molecule has 0 amide bonds. The smallest absolute Gasteiger partial charge is 0.250 e. The summed E-state index contributed by atoms with van der Waals surface area (Å²) in [7, 11) is 0. The second-order valence-electron chi connectivity index (χ2n) is 3.94. The summed E-state index contributed by atoms with van der Waals surface area (Å²) in [5.41, 5.74) is 0. The number of ether oxygens (including phenoxy) is 1. The maximum Gasteiger partial charge on any atom is 0.250 e. The van der Waals surface area contributed by atoms with E-state index in [0.717, 1.165) is 38.2 Å². The fraction of sp³-hybridized carbons (Fsp3) is 0.545. The third kappa shape index (κ3) is 2.88.